The van der Waals surface area contributed by atoms with E-state index in [9.17, 15) is 0 Å². The Morgan fingerprint density at radius 2 is 2.18 bits per heavy atom. The highest BCUT2D eigenvalue weighted by Gasteiger charge is 1.99. The van der Waals surface area contributed by atoms with Gasteiger partial charge in [-0.1, -0.05) is 12.2 Å². The summed E-state index contributed by atoms with van der Waals surface area (Å²) in [5.41, 5.74) is 0.649. The van der Waals surface area contributed by atoms with Crippen LogP contribution in [0.2, 0.25) is 0 Å². The molecule has 1 nitrogen and oxygen atoms in total. The Balaban J connectivity index is 3.53. The molecule has 56 valence electrons. The summed E-state index contributed by atoms with van der Waals surface area (Å²) in [6.07, 6.45) is 0. The summed E-state index contributed by atoms with van der Waals surface area (Å²) in [5, 5.41) is 8.68. The lowest BCUT2D eigenvalue weighted by molar-refractivity contribution is 1.43. The van der Waals surface area contributed by atoms with Gasteiger partial charge < -0.3 is 0 Å². The molecule has 1 aromatic rings. The van der Waals surface area contributed by atoms with E-state index in [-0.39, 0.29) is 0 Å². The molecule has 0 spiro atoms. The molecule has 0 saturated carbocycles. The molecule has 3 heteroatoms. The summed E-state index contributed by atoms with van der Waals surface area (Å²) in [5.74, 6) is 0. The van der Waals surface area contributed by atoms with Crippen LogP contribution in [0.5, 0.6) is 0 Å². The van der Waals surface area contributed by atoms with Crippen LogP contribution in [0.4, 0.5) is 0 Å². The maximum Gasteiger partial charge on any atom is 0.102 e. The summed E-state index contributed by atoms with van der Waals surface area (Å²) in [7, 11) is 0. The van der Waals surface area contributed by atoms with E-state index in [1.54, 1.807) is 11.3 Å². The standard InChI is InChI=1S/C8H7NS2/c1-5-3-8(10)7(4-9)6(2)11-5/h3H,1-2H3. The van der Waals surface area contributed by atoms with Gasteiger partial charge in [0.05, 0.1) is 10.1 Å². The van der Waals surface area contributed by atoms with Crippen molar-refractivity contribution in [3.8, 4) is 6.07 Å². The van der Waals surface area contributed by atoms with E-state index in [2.05, 4.69) is 6.07 Å². The molecule has 0 bridgehead atoms. The number of rotatable bonds is 0. The monoisotopic (exact) mass is 181 g/mol. The van der Waals surface area contributed by atoms with Crippen LogP contribution in [0.3, 0.4) is 0 Å². The lowest BCUT2D eigenvalue weighted by Gasteiger charge is -1.96. The highest BCUT2D eigenvalue weighted by atomic mass is 32.1. The zero-order valence-electron chi connectivity index (χ0n) is 6.34. The smallest absolute Gasteiger partial charge is 0.102 e. The van der Waals surface area contributed by atoms with Crippen molar-refractivity contribution >= 4 is 23.6 Å². The van der Waals surface area contributed by atoms with Gasteiger partial charge in [-0.3, -0.25) is 0 Å². The van der Waals surface area contributed by atoms with Crippen molar-refractivity contribution in [2.24, 2.45) is 0 Å². The van der Waals surface area contributed by atoms with Crippen LogP contribution in [-0.2, 0) is 0 Å². The zero-order chi connectivity index (χ0) is 8.43. The Morgan fingerprint density at radius 3 is 2.64 bits per heavy atom. The molecule has 0 N–H and O–H groups in total. The van der Waals surface area contributed by atoms with E-state index in [0.717, 1.165) is 9.75 Å². The van der Waals surface area contributed by atoms with Crippen molar-refractivity contribution in [2.75, 3.05) is 0 Å². The predicted octanol–water partition coefficient (Wildman–Crippen LogP) is 2.97. The molecule has 0 aromatic carbocycles. The fourth-order valence-corrected chi connectivity index (χ4v) is 2.32. The van der Waals surface area contributed by atoms with E-state index in [1.807, 2.05) is 19.9 Å². The average molecular weight is 181 g/mol. The van der Waals surface area contributed by atoms with Crippen LogP contribution in [0.25, 0.3) is 0 Å². The van der Waals surface area contributed by atoms with E-state index < -0.39 is 0 Å². The summed E-state index contributed by atoms with van der Waals surface area (Å²) in [4.78, 5) is 2.17. The summed E-state index contributed by atoms with van der Waals surface area (Å²) in [6.45, 7) is 3.92. The minimum atomic E-state index is 0.649. The van der Waals surface area contributed by atoms with Crippen molar-refractivity contribution in [3.63, 3.8) is 0 Å². The second kappa shape index (κ2) is 3.12. The van der Waals surface area contributed by atoms with E-state index in [1.165, 1.54) is 0 Å². The molecular weight excluding hydrogens is 174 g/mol. The molecule has 0 aliphatic heterocycles. The SMILES string of the molecule is Cc1cc(=S)c(C#N)c(C)s1. The van der Waals surface area contributed by atoms with Gasteiger partial charge in [0.2, 0.25) is 0 Å². The molecule has 0 amide bonds. The van der Waals surface area contributed by atoms with E-state index >= 15 is 0 Å². The van der Waals surface area contributed by atoms with E-state index in [0.29, 0.717) is 10.1 Å². The largest absolute Gasteiger partial charge is 0.192 e. The third kappa shape index (κ3) is 1.65. The highest BCUT2D eigenvalue weighted by molar-refractivity contribution is 7.71. The van der Waals surface area contributed by atoms with Gasteiger partial charge in [-0.2, -0.15) is 5.26 Å². The second-order valence-electron chi connectivity index (χ2n) is 2.26. The van der Waals surface area contributed by atoms with Crippen molar-refractivity contribution in [1.82, 2.24) is 0 Å². The van der Waals surface area contributed by atoms with Gasteiger partial charge in [-0.05, 0) is 19.9 Å². The Labute approximate surface area is 74.9 Å². The minimum Gasteiger partial charge on any atom is -0.192 e. The quantitative estimate of drug-likeness (QED) is 0.574. The van der Waals surface area contributed by atoms with Gasteiger partial charge in [0.1, 0.15) is 6.07 Å². The number of nitriles is 1. The molecule has 0 unspecified atom stereocenters. The summed E-state index contributed by atoms with van der Waals surface area (Å²) >= 11 is 6.62. The molecular formula is C8H7NS2. The van der Waals surface area contributed by atoms with Crippen LogP contribution in [-0.4, -0.2) is 0 Å². The molecule has 1 rings (SSSR count). The zero-order valence-corrected chi connectivity index (χ0v) is 7.97. The lowest BCUT2D eigenvalue weighted by Crippen LogP contribution is -1.81. The molecule has 0 aliphatic rings. The van der Waals surface area contributed by atoms with Gasteiger partial charge in [-0.15, -0.1) is 11.3 Å². The maximum absolute atomic E-state index is 8.68. The van der Waals surface area contributed by atoms with Crippen LogP contribution in [0, 0.1) is 29.7 Å². The molecule has 1 aromatic heterocycles. The van der Waals surface area contributed by atoms with E-state index in [4.69, 9.17) is 17.5 Å². The van der Waals surface area contributed by atoms with Gasteiger partial charge in [0, 0.05) is 9.75 Å². The Hall–Kier alpha value is -0.720. The Morgan fingerprint density at radius 1 is 1.55 bits per heavy atom. The number of hydrogen-bond acceptors (Lipinski definition) is 3. The highest BCUT2D eigenvalue weighted by Crippen LogP contribution is 2.17. The Kier molecular flexibility index (Phi) is 2.38. The van der Waals surface area contributed by atoms with Crippen LogP contribution in [0.15, 0.2) is 6.07 Å². The molecule has 0 atom stereocenters. The van der Waals surface area contributed by atoms with Crippen molar-refractivity contribution in [1.29, 1.82) is 5.26 Å². The normalized spacial score (nSPS) is 9.18. The molecule has 0 radical (unpaired) electrons. The number of aryl methyl sites for hydroxylation is 2. The fraction of sp³-hybridized carbons (Fsp3) is 0.250. The third-order valence-corrected chi connectivity index (χ3v) is 2.63. The molecule has 1 heterocycles. The van der Waals surface area contributed by atoms with Crippen LogP contribution < -0.4 is 0 Å². The molecule has 0 aliphatic carbocycles. The van der Waals surface area contributed by atoms with Crippen molar-refractivity contribution in [3.05, 3.63) is 25.9 Å². The predicted molar refractivity (Wildman–Crippen MR) is 49.3 cm³/mol. The van der Waals surface area contributed by atoms with Gasteiger partial charge in [0.15, 0.2) is 0 Å². The summed E-state index contributed by atoms with van der Waals surface area (Å²) < 4.78 is 0.668. The maximum atomic E-state index is 8.68. The molecule has 0 saturated heterocycles. The number of hydrogen-bond donors (Lipinski definition) is 0. The average Bonchev–Trinajstić information content (AvgIpc) is 1.85. The first-order valence-corrected chi connectivity index (χ1v) is 4.39. The van der Waals surface area contributed by atoms with Crippen molar-refractivity contribution < 1.29 is 0 Å². The van der Waals surface area contributed by atoms with Crippen LogP contribution in [0.1, 0.15) is 15.3 Å². The topological polar surface area (TPSA) is 23.8 Å². The van der Waals surface area contributed by atoms with Crippen molar-refractivity contribution in [2.45, 2.75) is 13.8 Å². The van der Waals surface area contributed by atoms with Crippen LogP contribution >= 0.6 is 23.6 Å². The first kappa shape index (κ1) is 8.38. The summed E-state index contributed by atoms with van der Waals surface area (Å²) in [6, 6.07) is 3.96. The van der Waals surface area contributed by atoms with Gasteiger partial charge in [-0.25, -0.2) is 0 Å². The minimum absolute atomic E-state index is 0.649. The lowest BCUT2D eigenvalue weighted by atomic mass is 10.3. The third-order valence-electron chi connectivity index (χ3n) is 1.36. The first-order chi connectivity index (χ1) is 5.15. The first-order valence-electron chi connectivity index (χ1n) is 3.16. The molecule has 11 heavy (non-hydrogen) atoms. The number of nitrogens with zero attached hydrogens (tertiary/aromatic N) is 1. The van der Waals surface area contributed by atoms with Gasteiger partial charge in [0.25, 0.3) is 0 Å². The fourth-order valence-electron chi connectivity index (χ4n) is 0.886. The van der Waals surface area contributed by atoms with Gasteiger partial charge >= 0.3 is 0 Å². The molecule has 0 fully saturated rings. The Bertz CT molecular complexity index is 371. The second-order valence-corrected chi connectivity index (χ2v) is 4.16.